The number of amides is 1. The highest BCUT2D eigenvalue weighted by Crippen LogP contribution is 2.35. The van der Waals surface area contributed by atoms with E-state index in [4.69, 9.17) is 0 Å². The maximum atomic E-state index is 12.2. The maximum Gasteiger partial charge on any atom is 0.311 e. The van der Waals surface area contributed by atoms with E-state index in [0.29, 0.717) is 31.7 Å². The van der Waals surface area contributed by atoms with Crippen molar-refractivity contribution in [2.75, 3.05) is 13.1 Å². The molecule has 0 aliphatic carbocycles. The van der Waals surface area contributed by atoms with E-state index in [1.54, 1.807) is 4.90 Å². The zero-order chi connectivity index (χ0) is 14.5. The molecule has 1 fully saturated rings. The van der Waals surface area contributed by atoms with Crippen LogP contribution in [0, 0.1) is 11.3 Å². The first-order valence-corrected chi connectivity index (χ1v) is 7.42. The van der Waals surface area contributed by atoms with E-state index in [0.717, 1.165) is 25.8 Å². The number of aliphatic carboxylic acids is 1. The summed E-state index contributed by atoms with van der Waals surface area (Å²) < 4.78 is 0. The highest BCUT2D eigenvalue weighted by Gasteiger charge is 2.42. The Labute approximate surface area is 116 Å². The third-order valence-corrected chi connectivity index (χ3v) is 4.05. The van der Waals surface area contributed by atoms with E-state index in [1.807, 2.05) is 6.92 Å². The molecule has 0 aromatic rings. The molecule has 4 nitrogen and oxygen atoms in total. The van der Waals surface area contributed by atoms with Gasteiger partial charge < -0.3 is 10.0 Å². The number of hydrogen-bond donors (Lipinski definition) is 1. The Hall–Kier alpha value is -1.06. The number of likely N-dealkylation sites (tertiary alicyclic amines) is 1. The van der Waals surface area contributed by atoms with Crippen LogP contribution in [0.1, 0.15) is 59.3 Å². The minimum Gasteiger partial charge on any atom is -0.481 e. The van der Waals surface area contributed by atoms with E-state index in [9.17, 15) is 14.7 Å². The van der Waals surface area contributed by atoms with Gasteiger partial charge in [0.25, 0.3) is 0 Å². The second-order valence-electron chi connectivity index (χ2n) is 6.19. The monoisotopic (exact) mass is 269 g/mol. The molecule has 110 valence electrons. The van der Waals surface area contributed by atoms with Crippen LogP contribution in [0.2, 0.25) is 0 Å². The first kappa shape index (κ1) is 16.0. The predicted octanol–water partition coefficient (Wildman–Crippen LogP) is 2.92. The Morgan fingerprint density at radius 1 is 1.37 bits per heavy atom. The lowest BCUT2D eigenvalue weighted by Gasteiger charge is -2.40. The average Bonchev–Trinajstić information content (AvgIpc) is 2.36. The molecule has 1 unspecified atom stereocenters. The van der Waals surface area contributed by atoms with Crippen LogP contribution in [0.4, 0.5) is 0 Å². The quantitative estimate of drug-likeness (QED) is 0.806. The summed E-state index contributed by atoms with van der Waals surface area (Å²) in [7, 11) is 0. The van der Waals surface area contributed by atoms with Crippen LogP contribution in [0.3, 0.4) is 0 Å². The van der Waals surface area contributed by atoms with Crippen LogP contribution in [-0.2, 0) is 9.59 Å². The SMILES string of the molecule is CCCC1(C(=O)O)CCCN(C(=O)CCC(C)C)C1. The van der Waals surface area contributed by atoms with Gasteiger partial charge >= 0.3 is 5.97 Å². The van der Waals surface area contributed by atoms with Gasteiger partial charge in [0.2, 0.25) is 5.91 Å². The first-order chi connectivity index (χ1) is 8.91. The molecule has 1 amide bonds. The summed E-state index contributed by atoms with van der Waals surface area (Å²) in [6, 6.07) is 0. The van der Waals surface area contributed by atoms with Gasteiger partial charge in [-0.3, -0.25) is 9.59 Å². The Bertz CT molecular complexity index is 323. The fourth-order valence-electron chi connectivity index (χ4n) is 2.88. The number of carbonyl (C=O) groups excluding carboxylic acids is 1. The second kappa shape index (κ2) is 6.92. The molecule has 1 aliphatic heterocycles. The number of nitrogens with zero attached hydrogens (tertiary/aromatic N) is 1. The molecular formula is C15H27NO3. The Kier molecular flexibility index (Phi) is 5.83. The molecule has 4 heteroatoms. The van der Waals surface area contributed by atoms with Crippen molar-refractivity contribution in [3.05, 3.63) is 0 Å². The Morgan fingerprint density at radius 3 is 2.58 bits per heavy atom. The number of carbonyl (C=O) groups is 2. The average molecular weight is 269 g/mol. The topological polar surface area (TPSA) is 57.6 Å². The van der Waals surface area contributed by atoms with E-state index < -0.39 is 11.4 Å². The largest absolute Gasteiger partial charge is 0.481 e. The van der Waals surface area contributed by atoms with Gasteiger partial charge in [-0.2, -0.15) is 0 Å². The zero-order valence-corrected chi connectivity index (χ0v) is 12.4. The smallest absolute Gasteiger partial charge is 0.311 e. The predicted molar refractivity (Wildman–Crippen MR) is 74.9 cm³/mol. The third kappa shape index (κ3) is 4.22. The molecule has 1 saturated heterocycles. The molecule has 0 aromatic carbocycles. The molecule has 1 aliphatic rings. The van der Waals surface area contributed by atoms with Crippen molar-refractivity contribution in [2.45, 2.75) is 59.3 Å². The van der Waals surface area contributed by atoms with Gasteiger partial charge in [-0.25, -0.2) is 0 Å². The standard InChI is InChI=1S/C15H27NO3/c1-4-8-15(14(18)19)9-5-10-16(11-15)13(17)7-6-12(2)3/h12H,4-11H2,1-3H3,(H,18,19). The van der Waals surface area contributed by atoms with Gasteiger partial charge in [-0.05, 0) is 31.6 Å². The molecule has 0 spiro atoms. The summed E-state index contributed by atoms with van der Waals surface area (Å²) in [5.41, 5.74) is -0.708. The minimum atomic E-state index is -0.740. The third-order valence-electron chi connectivity index (χ3n) is 4.05. The van der Waals surface area contributed by atoms with Crippen LogP contribution < -0.4 is 0 Å². The highest BCUT2D eigenvalue weighted by molar-refractivity contribution is 5.79. The van der Waals surface area contributed by atoms with Crippen molar-refractivity contribution >= 4 is 11.9 Å². The number of hydrogen-bond acceptors (Lipinski definition) is 2. The summed E-state index contributed by atoms with van der Waals surface area (Å²) in [6.45, 7) is 7.32. The highest BCUT2D eigenvalue weighted by atomic mass is 16.4. The van der Waals surface area contributed by atoms with E-state index in [2.05, 4.69) is 13.8 Å². The fourth-order valence-corrected chi connectivity index (χ4v) is 2.88. The van der Waals surface area contributed by atoms with Gasteiger partial charge in [0.15, 0.2) is 0 Å². The maximum absolute atomic E-state index is 12.2. The van der Waals surface area contributed by atoms with Crippen molar-refractivity contribution in [1.29, 1.82) is 0 Å². The van der Waals surface area contributed by atoms with Crippen LogP contribution in [0.5, 0.6) is 0 Å². The van der Waals surface area contributed by atoms with Gasteiger partial charge in [-0.15, -0.1) is 0 Å². The number of carboxylic acid groups (broad SMARTS) is 1. The molecular weight excluding hydrogens is 242 g/mol. The van der Waals surface area contributed by atoms with E-state index in [-0.39, 0.29) is 5.91 Å². The summed E-state index contributed by atoms with van der Waals surface area (Å²) in [4.78, 5) is 25.5. The molecule has 1 heterocycles. The van der Waals surface area contributed by atoms with Crippen LogP contribution in [0.15, 0.2) is 0 Å². The second-order valence-corrected chi connectivity index (χ2v) is 6.19. The molecule has 1 rings (SSSR count). The van der Waals surface area contributed by atoms with Crippen molar-refractivity contribution in [2.24, 2.45) is 11.3 Å². The first-order valence-electron chi connectivity index (χ1n) is 7.42. The number of rotatable bonds is 6. The zero-order valence-electron chi connectivity index (χ0n) is 12.4. The number of piperidine rings is 1. The van der Waals surface area contributed by atoms with Crippen molar-refractivity contribution in [3.63, 3.8) is 0 Å². The van der Waals surface area contributed by atoms with Crippen LogP contribution in [0.25, 0.3) is 0 Å². The minimum absolute atomic E-state index is 0.120. The van der Waals surface area contributed by atoms with Crippen LogP contribution in [-0.4, -0.2) is 35.0 Å². The molecule has 0 saturated carbocycles. The normalized spacial score (nSPS) is 23.7. The van der Waals surface area contributed by atoms with Crippen molar-refractivity contribution in [1.82, 2.24) is 4.90 Å². The molecule has 0 aromatic heterocycles. The molecule has 1 N–H and O–H groups in total. The van der Waals surface area contributed by atoms with Gasteiger partial charge in [0.1, 0.15) is 0 Å². The van der Waals surface area contributed by atoms with E-state index in [1.165, 1.54) is 0 Å². The van der Waals surface area contributed by atoms with Gasteiger partial charge in [0, 0.05) is 19.5 Å². The summed E-state index contributed by atoms with van der Waals surface area (Å²) in [5.74, 6) is -0.112. The number of carboxylic acids is 1. The summed E-state index contributed by atoms with van der Waals surface area (Å²) >= 11 is 0. The molecule has 19 heavy (non-hydrogen) atoms. The summed E-state index contributed by atoms with van der Waals surface area (Å²) in [5, 5.41) is 9.50. The van der Waals surface area contributed by atoms with Gasteiger partial charge in [-0.1, -0.05) is 27.2 Å². The van der Waals surface area contributed by atoms with Crippen LogP contribution >= 0.6 is 0 Å². The fraction of sp³-hybridized carbons (Fsp3) is 0.867. The van der Waals surface area contributed by atoms with Crippen molar-refractivity contribution < 1.29 is 14.7 Å². The molecule has 0 radical (unpaired) electrons. The summed E-state index contributed by atoms with van der Waals surface area (Å²) in [6.07, 6.45) is 4.43. The van der Waals surface area contributed by atoms with Crippen molar-refractivity contribution in [3.8, 4) is 0 Å². The lowest BCUT2D eigenvalue weighted by Crippen LogP contribution is -2.49. The molecule has 0 bridgehead atoms. The Morgan fingerprint density at radius 2 is 2.05 bits per heavy atom. The van der Waals surface area contributed by atoms with Gasteiger partial charge in [0.05, 0.1) is 5.41 Å². The Balaban J connectivity index is 2.66. The lowest BCUT2D eigenvalue weighted by molar-refractivity contribution is -0.155. The lowest BCUT2D eigenvalue weighted by atomic mass is 9.76. The molecule has 1 atom stereocenters. The van der Waals surface area contributed by atoms with E-state index >= 15 is 0 Å².